The first-order chi connectivity index (χ1) is 15.6. The number of nitrogens with one attached hydrogen (secondary N) is 3. The summed E-state index contributed by atoms with van der Waals surface area (Å²) >= 11 is 6.11. The van der Waals surface area contributed by atoms with Crippen LogP contribution in [0.2, 0.25) is 5.02 Å². The molecule has 11 heteroatoms. The van der Waals surface area contributed by atoms with E-state index in [4.69, 9.17) is 22.3 Å². The second kappa shape index (κ2) is 7.89. The molecule has 1 unspecified atom stereocenters. The van der Waals surface area contributed by atoms with Crippen LogP contribution in [-0.4, -0.2) is 34.6 Å². The highest BCUT2D eigenvalue weighted by Gasteiger charge is 2.48. The minimum Gasteiger partial charge on any atom is -0.349 e. The number of hydrogen-bond donors (Lipinski definition) is 4. The summed E-state index contributed by atoms with van der Waals surface area (Å²) in [4.78, 5) is 11.1. The summed E-state index contributed by atoms with van der Waals surface area (Å²) in [5, 5.41) is 9.91. The molecule has 5 N–H and O–H groups in total. The maximum Gasteiger partial charge on any atom is 0.416 e. The molecule has 2 fully saturated rings. The summed E-state index contributed by atoms with van der Waals surface area (Å²) in [6.07, 6.45) is 1.87. The van der Waals surface area contributed by atoms with Crippen molar-refractivity contribution in [3.05, 3.63) is 40.5 Å². The van der Waals surface area contributed by atoms with Gasteiger partial charge in [0.05, 0.1) is 17.4 Å². The van der Waals surface area contributed by atoms with E-state index < -0.39 is 17.5 Å². The molecule has 0 spiro atoms. The van der Waals surface area contributed by atoms with Crippen molar-refractivity contribution < 1.29 is 13.2 Å². The van der Waals surface area contributed by atoms with Crippen LogP contribution >= 0.6 is 11.6 Å². The van der Waals surface area contributed by atoms with Gasteiger partial charge < -0.3 is 20.9 Å². The summed E-state index contributed by atoms with van der Waals surface area (Å²) in [6.45, 7) is 3.70. The van der Waals surface area contributed by atoms with Crippen molar-refractivity contribution >= 4 is 29.1 Å². The zero-order valence-electron chi connectivity index (χ0n) is 18.3. The van der Waals surface area contributed by atoms with E-state index in [9.17, 15) is 13.2 Å². The molecule has 178 valence electrons. The summed E-state index contributed by atoms with van der Waals surface area (Å²) in [7, 11) is 0. The minimum atomic E-state index is -4.55. The van der Waals surface area contributed by atoms with Gasteiger partial charge >= 0.3 is 6.18 Å². The number of nitrogens with zero attached hydrogens (tertiary/aromatic N) is 3. The Morgan fingerprint density at radius 3 is 2.58 bits per heavy atom. The lowest BCUT2D eigenvalue weighted by molar-refractivity contribution is -0.137. The fraction of sp³-hybridized carbons (Fsp3) is 0.545. The second-order valence-corrected chi connectivity index (χ2v) is 9.88. The van der Waals surface area contributed by atoms with Gasteiger partial charge in [0.15, 0.2) is 11.6 Å². The molecule has 1 aromatic carbocycles. The Hall–Kier alpha value is -2.30. The van der Waals surface area contributed by atoms with Gasteiger partial charge in [-0.2, -0.15) is 18.2 Å². The van der Waals surface area contributed by atoms with E-state index in [1.165, 1.54) is 6.07 Å². The predicted octanol–water partition coefficient (Wildman–Crippen LogP) is 4.26. The SMILES string of the molecule is CC1(Nc2ncc3c(n2)N(C2CCNCC2)C(N)(c2cc(Cl)cc(C(F)(F)F)c2)N3)CCC1. The molecule has 1 aliphatic carbocycles. The summed E-state index contributed by atoms with van der Waals surface area (Å²) in [5.41, 5.74) is 6.79. The normalized spacial score (nSPS) is 24.7. The van der Waals surface area contributed by atoms with E-state index in [-0.39, 0.29) is 22.2 Å². The van der Waals surface area contributed by atoms with Gasteiger partial charge in [0.2, 0.25) is 5.95 Å². The first kappa shape index (κ1) is 22.5. The third-order valence-corrected chi connectivity index (χ3v) is 7.13. The van der Waals surface area contributed by atoms with Crippen molar-refractivity contribution in [2.75, 3.05) is 28.6 Å². The van der Waals surface area contributed by atoms with Gasteiger partial charge in [0.25, 0.3) is 0 Å². The third-order valence-electron chi connectivity index (χ3n) is 6.91. The van der Waals surface area contributed by atoms with Crippen LogP contribution in [0.25, 0.3) is 0 Å². The Balaban J connectivity index is 1.58. The largest absolute Gasteiger partial charge is 0.416 e. The zero-order chi connectivity index (χ0) is 23.4. The molecule has 3 aliphatic rings. The highest BCUT2D eigenvalue weighted by molar-refractivity contribution is 6.30. The zero-order valence-corrected chi connectivity index (χ0v) is 19.0. The number of aromatic nitrogens is 2. The molecule has 1 aromatic heterocycles. The van der Waals surface area contributed by atoms with Gasteiger partial charge in [-0.05, 0) is 70.3 Å². The Bertz CT molecular complexity index is 1050. The number of piperidine rings is 1. The first-order valence-electron chi connectivity index (χ1n) is 11.2. The summed E-state index contributed by atoms with van der Waals surface area (Å²) in [5.74, 6) is -0.385. The molecular weight excluding hydrogens is 455 g/mol. The highest BCUT2D eigenvalue weighted by Crippen LogP contribution is 2.46. The van der Waals surface area contributed by atoms with E-state index in [0.29, 0.717) is 17.5 Å². The van der Waals surface area contributed by atoms with Gasteiger partial charge in [0, 0.05) is 22.2 Å². The molecule has 3 heterocycles. The number of rotatable bonds is 4. The van der Waals surface area contributed by atoms with E-state index in [0.717, 1.165) is 57.3 Å². The monoisotopic (exact) mass is 481 g/mol. The molecule has 0 bridgehead atoms. The van der Waals surface area contributed by atoms with Gasteiger partial charge in [-0.3, -0.25) is 5.73 Å². The molecule has 7 nitrogen and oxygen atoms in total. The van der Waals surface area contributed by atoms with Crippen LogP contribution in [0, 0.1) is 0 Å². The maximum atomic E-state index is 13.6. The van der Waals surface area contributed by atoms with E-state index in [2.05, 4.69) is 27.9 Å². The molecule has 2 aliphatic heterocycles. The van der Waals surface area contributed by atoms with Gasteiger partial charge in [-0.1, -0.05) is 11.6 Å². The Labute approximate surface area is 195 Å². The number of benzene rings is 1. The smallest absolute Gasteiger partial charge is 0.349 e. The van der Waals surface area contributed by atoms with Crippen molar-refractivity contribution in [2.45, 2.75) is 62.6 Å². The van der Waals surface area contributed by atoms with Crippen molar-refractivity contribution in [1.82, 2.24) is 15.3 Å². The van der Waals surface area contributed by atoms with Gasteiger partial charge in [-0.15, -0.1) is 0 Å². The molecule has 1 saturated carbocycles. The lowest BCUT2D eigenvalue weighted by atomic mass is 9.79. The van der Waals surface area contributed by atoms with Crippen LogP contribution in [0.1, 0.15) is 50.2 Å². The number of nitrogens with two attached hydrogens (primary N) is 1. The molecular formula is C22H27ClF3N7. The highest BCUT2D eigenvalue weighted by atomic mass is 35.5. The van der Waals surface area contributed by atoms with Gasteiger partial charge in [0.1, 0.15) is 0 Å². The number of hydrogen-bond acceptors (Lipinski definition) is 7. The molecule has 0 radical (unpaired) electrons. The first-order valence-corrected chi connectivity index (χ1v) is 11.6. The van der Waals surface area contributed by atoms with Crippen molar-refractivity contribution in [2.24, 2.45) is 5.73 Å². The maximum absolute atomic E-state index is 13.6. The Kier molecular flexibility index (Phi) is 5.37. The molecule has 0 amide bonds. The van der Waals surface area contributed by atoms with Crippen molar-refractivity contribution in [3.8, 4) is 0 Å². The third kappa shape index (κ3) is 4.08. The fourth-order valence-corrected chi connectivity index (χ4v) is 5.18. The molecule has 33 heavy (non-hydrogen) atoms. The number of fused-ring (bicyclic) bond motifs is 1. The molecule has 2 aromatic rings. The molecule has 5 rings (SSSR count). The van der Waals surface area contributed by atoms with Crippen LogP contribution in [0.15, 0.2) is 24.4 Å². The average molecular weight is 482 g/mol. The quantitative estimate of drug-likeness (QED) is 0.518. The fourth-order valence-electron chi connectivity index (χ4n) is 4.95. The lowest BCUT2D eigenvalue weighted by Gasteiger charge is -2.43. The number of halogens is 4. The second-order valence-electron chi connectivity index (χ2n) is 9.44. The van der Waals surface area contributed by atoms with Crippen LogP contribution < -0.4 is 26.6 Å². The standard InChI is InChI=1S/C22H27ClF3N7/c1-20(5-2-6-20)32-19-29-12-17-18(30-19)33(16-3-7-28-8-4-16)22(27,31-17)14-9-13(21(24,25)26)10-15(23)11-14/h9-12,16,28,31H,2-8,27H2,1H3,(H,29,30,32). The van der Waals surface area contributed by atoms with Crippen LogP contribution in [0.4, 0.5) is 30.6 Å². The summed E-state index contributed by atoms with van der Waals surface area (Å²) in [6, 6.07) is 3.42. The van der Waals surface area contributed by atoms with Gasteiger partial charge in [-0.25, -0.2) is 4.98 Å². The van der Waals surface area contributed by atoms with Crippen LogP contribution in [0.3, 0.4) is 0 Å². The van der Waals surface area contributed by atoms with E-state index in [1.54, 1.807) is 6.20 Å². The summed E-state index contributed by atoms with van der Waals surface area (Å²) < 4.78 is 40.7. The lowest BCUT2D eigenvalue weighted by Crippen LogP contribution is -2.61. The van der Waals surface area contributed by atoms with Crippen LogP contribution in [0.5, 0.6) is 0 Å². The van der Waals surface area contributed by atoms with Crippen LogP contribution in [-0.2, 0) is 12.0 Å². The minimum absolute atomic E-state index is 0.0274. The topological polar surface area (TPSA) is 91.1 Å². The number of anilines is 3. The molecule has 1 saturated heterocycles. The Morgan fingerprint density at radius 2 is 1.94 bits per heavy atom. The predicted molar refractivity (Wildman–Crippen MR) is 122 cm³/mol. The average Bonchev–Trinajstić information content (AvgIpc) is 3.04. The Morgan fingerprint density at radius 1 is 1.21 bits per heavy atom. The van der Waals surface area contributed by atoms with Crippen molar-refractivity contribution in [1.29, 1.82) is 0 Å². The van der Waals surface area contributed by atoms with Crippen molar-refractivity contribution in [3.63, 3.8) is 0 Å². The number of alkyl halides is 3. The molecule has 1 atom stereocenters. The van der Waals surface area contributed by atoms with E-state index in [1.807, 2.05) is 4.90 Å². The van der Waals surface area contributed by atoms with E-state index >= 15 is 0 Å².